The molecule has 2 heterocycles. The summed E-state index contributed by atoms with van der Waals surface area (Å²) in [5, 5.41) is 7.62. The molecule has 0 amide bonds. The molecule has 5 nitrogen and oxygen atoms in total. The first-order valence-electron chi connectivity index (χ1n) is 11.2. The van der Waals surface area contributed by atoms with Crippen LogP contribution in [0.15, 0.2) is 4.99 Å². The molecule has 5 rings (SSSR count). The average molecular weight is 361 g/mol. The maximum atomic E-state index is 6.13. The van der Waals surface area contributed by atoms with Crippen LogP contribution in [-0.2, 0) is 4.74 Å². The molecule has 5 aliphatic rings. The van der Waals surface area contributed by atoms with E-state index >= 15 is 0 Å². The van der Waals surface area contributed by atoms with Gasteiger partial charge in [-0.1, -0.05) is 25.7 Å². The van der Waals surface area contributed by atoms with Crippen LogP contribution in [0.3, 0.4) is 0 Å². The largest absolute Gasteiger partial charge is 0.377 e. The van der Waals surface area contributed by atoms with Crippen LogP contribution in [0, 0.1) is 11.3 Å². The second-order valence-electron chi connectivity index (χ2n) is 9.44. The third-order valence-electron chi connectivity index (χ3n) is 8.20. The number of nitrogens with zero attached hydrogens (tertiary/aromatic N) is 2. The summed E-state index contributed by atoms with van der Waals surface area (Å²) in [5.41, 5.74) is 0.393. The van der Waals surface area contributed by atoms with E-state index in [4.69, 9.17) is 4.74 Å². The van der Waals surface area contributed by atoms with E-state index in [0.717, 1.165) is 18.6 Å². The van der Waals surface area contributed by atoms with Crippen LogP contribution < -0.4 is 10.6 Å². The highest BCUT2D eigenvalue weighted by Crippen LogP contribution is 2.60. The van der Waals surface area contributed by atoms with Crippen molar-refractivity contribution in [3.05, 3.63) is 0 Å². The van der Waals surface area contributed by atoms with Gasteiger partial charge in [-0.25, -0.2) is 0 Å². The van der Waals surface area contributed by atoms with Gasteiger partial charge in [-0.15, -0.1) is 0 Å². The number of ether oxygens (including phenoxy) is 1. The highest BCUT2D eigenvalue weighted by atomic mass is 16.5. The Morgan fingerprint density at radius 3 is 2.62 bits per heavy atom. The van der Waals surface area contributed by atoms with Crippen LogP contribution in [0.25, 0.3) is 0 Å². The molecule has 2 aliphatic heterocycles. The van der Waals surface area contributed by atoms with Crippen molar-refractivity contribution in [2.24, 2.45) is 16.3 Å². The summed E-state index contributed by atoms with van der Waals surface area (Å²) in [6, 6.07) is 1.97. The van der Waals surface area contributed by atoms with Crippen molar-refractivity contribution >= 4 is 5.96 Å². The number of guanidine groups is 1. The van der Waals surface area contributed by atoms with E-state index < -0.39 is 0 Å². The maximum absolute atomic E-state index is 6.13. The molecular weight excluding hydrogens is 324 g/mol. The van der Waals surface area contributed by atoms with Gasteiger partial charge < -0.3 is 15.4 Å². The van der Waals surface area contributed by atoms with Crippen molar-refractivity contribution < 1.29 is 4.74 Å². The first kappa shape index (κ1) is 17.3. The van der Waals surface area contributed by atoms with Crippen LogP contribution in [0.2, 0.25) is 0 Å². The predicted octanol–water partition coefficient (Wildman–Crippen LogP) is 2.52. The fraction of sp³-hybridized carbons (Fsp3) is 0.952. The molecule has 0 aromatic rings. The van der Waals surface area contributed by atoms with Gasteiger partial charge in [0.15, 0.2) is 5.96 Å². The van der Waals surface area contributed by atoms with Crippen molar-refractivity contribution in [2.75, 3.05) is 26.7 Å². The average Bonchev–Trinajstić information content (AvgIpc) is 3.44. The Hall–Kier alpha value is -0.810. The molecule has 0 aromatic heterocycles. The first-order valence-corrected chi connectivity index (χ1v) is 11.2. The van der Waals surface area contributed by atoms with E-state index in [-0.39, 0.29) is 0 Å². The van der Waals surface area contributed by atoms with E-state index in [1.54, 1.807) is 0 Å². The molecule has 2 N–H and O–H groups in total. The third-order valence-corrected chi connectivity index (χ3v) is 8.20. The van der Waals surface area contributed by atoms with Gasteiger partial charge in [-0.05, 0) is 38.5 Å². The number of nitrogens with one attached hydrogen (secondary N) is 2. The van der Waals surface area contributed by atoms with E-state index in [1.165, 1.54) is 77.3 Å². The molecule has 146 valence electrons. The monoisotopic (exact) mass is 360 g/mol. The van der Waals surface area contributed by atoms with Crippen LogP contribution in [0.5, 0.6) is 0 Å². The third kappa shape index (κ3) is 2.77. The van der Waals surface area contributed by atoms with Crippen LogP contribution in [-0.4, -0.2) is 61.8 Å². The number of hydrogen-bond acceptors (Lipinski definition) is 3. The van der Waals surface area contributed by atoms with Gasteiger partial charge in [-0.3, -0.25) is 9.89 Å². The Morgan fingerprint density at radius 1 is 1.04 bits per heavy atom. The van der Waals surface area contributed by atoms with E-state index in [1.807, 2.05) is 7.05 Å². The zero-order chi connectivity index (χ0) is 17.6. The van der Waals surface area contributed by atoms with Crippen molar-refractivity contribution in [1.29, 1.82) is 0 Å². The van der Waals surface area contributed by atoms with Crippen LogP contribution in [0.1, 0.15) is 64.2 Å². The van der Waals surface area contributed by atoms with Gasteiger partial charge in [0.2, 0.25) is 0 Å². The normalized spacial score (nSPS) is 40.1. The molecule has 5 heteroatoms. The molecule has 0 radical (unpaired) electrons. The van der Waals surface area contributed by atoms with E-state index in [9.17, 15) is 0 Å². The summed E-state index contributed by atoms with van der Waals surface area (Å²) in [5.74, 6) is 1.73. The molecule has 3 saturated carbocycles. The lowest BCUT2D eigenvalue weighted by Crippen LogP contribution is -2.69. The summed E-state index contributed by atoms with van der Waals surface area (Å²) in [6.07, 6.45) is 14.1. The molecule has 2 saturated heterocycles. The van der Waals surface area contributed by atoms with Gasteiger partial charge in [0, 0.05) is 56.2 Å². The number of likely N-dealkylation sites (tertiary alicyclic amines) is 1. The SMILES string of the molecule is CN=C(NC1CCN(C2CCCC2)C1)NC1C2CCOC2C12CCCC2. The Labute approximate surface area is 158 Å². The summed E-state index contributed by atoms with van der Waals surface area (Å²) >= 11 is 0. The number of fused-ring (bicyclic) bond motifs is 2. The predicted molar refractivity (Wildman–Crippen MR) is 104 cm³/mol. The minimum atomic E-state index is 0.393. The highest BCUT2D eigenvalue weighted by Gasteiger charge is 2.65. The molecule has 3 aliphatic carbocycles. The Morgan fingerprint density at radius 2 is 1.85 bits per heavy atom. The highest BCUT2D eigenvalue weighted by molar-refractivity contribution is 5.80. The molecule has 0 aromatic carbocycles. The van der Waals surface area contributed by atoms with Gasteiger partial charge in [-0.2, -0.15) is 0 Å². The number of aliphatic imine (C=N–C) groups is 1. The van der Waals surface area contributed by atoms with Crippen molar-refractivity contribution in [3.8, 4) is 0 Å². The zero-order valence-corrected chi connectivity index (χ0v) is 16.4. The van der Waals surface area contributed by atoms with Crippen LogP contribution in [0.4, 0.5) is 0 Å². The fourth-order valence-electron chi connectivity index (χ4n) is 6.92. The lowest BCUT2D eigenvalue weighted by molar-refractivity contribution is -0.125. The standard InChI is InChI=1S/C21H36N4O/c1-22-20(23-15-8-12-25(14-15)16-6-2-3-7-16)24-18-17-9-13-26-19(17)21(18)10-4-5-11-21/h15-19H,2-14H2,1H3,(H2,22,23,24). The maximum Gasteiger partial charge on any atom is 0.191 e. The Kier molecular flexibility index (Phi) is 4.64. The quantitative estimate of drug-likeness (QED) is 0.600. The lowest BCUT2D eigenvalue weighted by atomic mass is 9.54. The minimum absolute atomic E-state index is 0.393. The minimum Gasteiger partial charge on any atom is -0.377 e. The van der Waals surface area contributed by atoms with Crippen molar-refractivity contribution in [2.45, 2.75) is 88.4 Å². The molecule has 4 unspecified atom stereocenters. The molecular formula is C21H36N4O. The second-order valence-corrected chi connectivity index (χ2v) is 9.44. The van der Waals surface area contributed by atoms with Crippen molar-refractivity contribution in [1.82, 2.24) is 15.5 Å². The lowest BCUT2D eigenvalue weighted by Gasteiger charge is -2.57. The van der Waals surface area contributed by atoms with E-state index in [0.29, 0.717) is 29.5 Å². The molecule has 5 fully saturated rings. The topological polar surface area (TPSA) is 48.9 Å². The summed E-state index contributed by atoms with van der Waals surface area (Å²) in [6.45, 7) is 3.40. The summed E-state index contributed by atoms with van der Waals surface area (Å²) in [4.78, 5) is 7.32. The molecule has 1 spiro atoms. The van der Waals surface area contributed by atoms with Crippen LogP contribution >= 0.6 is 0 Å². The Bertz CT molecular complexity index is 538. The van der Waals surface area contributed by atoms with Gasteiger partial charge >= 0.3 is 0 Å². The van der Waals surface area contributed by atoms with Gasteiger partial charge in [0.05, 0.1) is 6.10 Å². The van der Waals surface area contributed by atoms with Gasteiger partial charge in [0.1, 0.15) is 0 Å². The number of hydrogen-bond donors (Lipinski definition) is 2. The molecule has 26 heavy (non-hydrogen) atoms. The van der Waals surface area contributed by atoms with E-state index in [2.05, 4.69) is 20.5 Å². The summed E-state index contributed by atoms with van der Waals surface area (Å²) in [7, 11) is 1.93. The smallest absolute Gasteiger partial charge is 0.191 e. The Balaban J connectivity index is 1.19. The first-order chi connectivity index (χ1) is 12.8. The zero-order valence-electron chi connectivity index (χ0n) is 16.4. The fourth-order valence-corrected chi connectivity index (χ4v) is 6.92. The second kappa shape index (κ2) is 6.97. The molecule has 4 atom stereocenters. The number of rotatable bonds is 3. The van der Waals surface area contributed by atoms with Crippen molar-refractivity contribution in [3.63, 3.8) is 0 Å². The van der Waals surface area contributed by atoms with Gasteiger partial charge in [0.25, 0.3) is 0 Å². The summed E-state index contributed by atoms with van der Waals surface area (Å²) < 4.78 is 6.13. The molecule has 0 bridgehead atoms.